The van der Waals surface area contributed by atoms with Gasteiger partial charge < -0.3 is 36.6 Å². The molecule has 0 aliphatic carbocycles. The average molecular weight is 303 g/mol. The summed E-state index contributed by atoms with van der Waals surface area (Å²) in [5.41, 5.74) is 11.3. The minimum Gasteiger partial charge on any atom is -0.399 e. The number of nitrogens with two attached hydrogens (primary N) is 4. The van der Waals surface area contributed by atoms with Crippen LogP contribution in [0.3, 0.4) is 0 Å². The highest BCUT2D eigenvalue weighted by molar-refractivity contribution is 5.46. The van der Waals surface area contributed by atoms with Crippen LogP contribution in [0.2, 0.25) is 0 Å². The van der Waals surface area contributed by atoms with Crippen LogP contribution in [0.25, 0.3) is 0 Å². The molecule has 0 aromatic heterocycles. The van der Waals surface area contributed by atoms with Gasteiger partial charge in [-0.15, -0.1) is 0 Å². The molecule has 0 heterocycles. The van der Waals surface area contributed by atoms with E-state index >= 15 is 0 Å². The van der Waals surface area contributed by atoms with Gasteiger partial charge in [0.2, 0.25) is 6.41 Å². The zero-order valence-corrected chi connectivity index (χ0v) is 11.9. The van der Waals surface area contributed by atoms with Crippen molar-refractivity contribution in [3.63, 3.8) is 0 Å². The molecule has 21 heavy (non-hydrogen) atoms. The van der Waals surface area contributed by atoms with E-state index in [4.69, 9.17) is 33.4 Å². The molecule has 0 bridgehead atoms. The molecule has 0 rings (SSSR count). The third-order valence-electron chi connectivity index (χ3n) is 2.47. The van der Waals surface area contributed by atoms with Crippen LogP contribution in [0.5, 0.6) is 0 Å². The molecule has 0 spiro atoms. The Morgan fingerprint density at radius 2 is 1.24 bits per heavy atom. The molecule has 0 aliphatic rings. The molecule has 0 saturated carbocycles. The molecule has 0 radical (unpaired) electrons. The molecule has 0 aromatic rings. The van der Waals surface area contributed by atoms with Crippen molar-refractivity contribution >= 4 is 6.41 Å². The molecule has 10 nitrogen and oxygen atoms in total. The Balaban J connectivity index is 4.15. The molecule has 0 aromatic carbocycles. The number of carbonyl (C=O) groups excluding carboxylic acids is 1. The number of hydrogen-bond donors (Lipinski definition) is 6. The monoisotopic (exact) mass is 303 g/mol. The predicted molar refractivity (Wildman–Crippen MR) is 78.1 cm³/mol. The Hall–Kier alpha value is -2.01. The maximum atomic E-state index is 10.9. The van der Waals surface area contributed by atoms with E-state index in [9.17, 15) is 4.79 Å². The summed E-state index contributed by atoms with van der Waals surface area (Å²) in [6.45, 7) is 0.847. The highest BCUT2D eigenvalue weighted by atomic mass is 16.3. The second-order valence-corrected chi connectivity index (χ2v) is 4.34. The van der Waals surface area contributed by atoms with Crippen LogP contribution >= 0.6 is 0 Å². The lowest BCUT2D eigenvalue weighted by Crippen LogP contribution is -2.40. The van der Waals surface area contributed by atoms with Gasteiger partial charge in [-0.2, -0.15) is 0 Å². The number of hydrazine groups is 2. The fourth-order valence-electron chi connectivity index (χ4n) is 1.34. The van der Waals surface area contributed by atoms with E-state index in [1.165, 1.54) is 27.3 Å². The van der Waals surface area contributed by atoms with Gasteiger partial charge in [0.25, 0.3) is 0 Å². The molecule has 0 fully saturated rings. The predicted octanol–water partition coefficient (Wildman–Crippen LogP) is -3.62. The molecule has 122 valence electrons. The van der Waals surface area contributed by atoms with Crippen LogP contribution in [-0.4, -0.2) is 70.9 Å². The fourth-order valence-corrected chi connectivity index (χ4v) is 1.34. The lowest BCUT2D eigenvalue weighted by molar-refractivity contribution is -0.118. The summed E-state index contributed by atoms with van der Waals surface area (Å²) >= 11 is 0. The first-order valence-electron chi connectivity index (χ1n) is 6.29. The van der Waals surface area contributed by atoms with E-state index < -0.39 is 0 Å². The Morgan fingerprint density at radius 1 is 0.857 bits per heavy atom. The molecule has 10 heteroatoms. The molecular weight excluding hydrogens is 278 g/mol. The zero-order chi connectivity index (χ0) is 16.3. The topological polar surface area (TPSA) is 171 Å². The number of hydrogen-bond acceptors (Lipinski definition) is 9. The number of rotatable bonds is 11. The van der Waals surface area contributed by atoms with Crippen molar-refractivity contribution in [1.82, 2.24) is 14.9 Å². The summed E-state index contributed by atoms with van der Waals surface area (Å²) in [6.07, 6.45) is 3.46. The quantitative estimate of drug-likeness (QED) is 0.128. The number of nitrogens with zero attached hydrogens (tertiary/aromatic N) is 3. The Bertz CT molecular complexity index is 332. The van der Waals surface area contributed by atoms with Crippen molar-refractivity contribution in [2.24, 2.45) is 23.2 Å². The van der Waals surface area contributed by atoms with Crippen molar-refractivity contribution in [3.05, 3.63) is 23.8 Å². The number of amides is 1. The summed E-state index contributed by atoms with van der Waals surface area (Å²) in [4.78, 5) is 12.4. The Kier molecular flexibility index (Phi) is 9.71. The van der Waals surface area contributed by atoms with Gasteiger partial charge in [0.15, 0.2) is 0 Å². The SMILES string of the molecule is N/C(=C\N(N)CCN(C=O)CCN(N)/C=C(\N)CO)CO. The van der Waals surface area contributed by atoms with Crippen molar-refractivity contribution < 1.29 is 15.0 Å². The van der Waals surface area contributed by atoms with Crippen molar-refractivity contribution in [3.8, 4) is 0 Å². The first-order chi connectivity index (χ1) is 9.92. The summed E-state index contributed by atoms with van der Waals surface area (Å²) in [7, 11) is 0. The summed E-state index contributed by atoms with van der Waals surface area (Å²) in [6, 6.07) is 0. The second kappa shape index (κ2) is 10.7. The Morgan fingerprint density at radius 3 is 1.52 bits per heavy atom. The highest BCUT2D eigenvalue weighted by Gasteiger charge is 2.05. The summed E-state index contributed by atoms with van der Waals surface area (Å²) in [5.74, 6) is 11.3. The summed E-state index contributed by atoms with van der Waals surface area (Å²) < 4.78 is 0. The van der Waals surface area contributed by atoms with Gasteiger partial charge in [0.05, 0.1) is 37.7 Å². The molecule has 0 unspecified atom stereocenters. The molecule has 0 saturated heterocycles. The second-order valence-electron chi connectivity index (χ2n) is 4.34. The average Bonchev–Trinajstić information content (AvgIpc) is 2.46. The summed E-state index contributed by atoms with van der Waals surface area (Å²) in [5, 5.41) is 20.1. The number of aliphatic hydroxyl groups is 2. The molecule has 1 amide bonds. The van der Waals surface area contributed by atoms with E-state index in [1.807, 2.05) is 0 Å². The largest absolute Gasteiger partial charge is 0.399 e. The number of carbonyl (C=O) groups is 1. The van der Waals surface area contributed by atoms with E-state index in [2.05, 4.69) is 0 Å². The molecule has 0 atom stereocenters. The van der Waals surface area contributed by atoms with Gasteiger partial charge in [0.1, 0.15) is 0 Å². The number of aliphatic hydroxyl groups excluding tert-OH is 2. The maximum absolute atomic E-state index is 10.9. The lowest BCUT2D eigenvalue weighted by Gasteiger charge is -2.23. The zero-order valence-electron chi connectivity index (χ0n) is 11.9. The van der Waals surface area contributed by atoms with Gasteiger partial charge in [-0.3, -0.25) is 4.79 Å². The van der Waals surface area contributed by atoms with Crippen molar-refractivity contribution in [2.75, 3.05) is 39.4 Å². The van der Waals surface area contributed by atoms with Crippen LogP contribution in [-0.2, 0) is 4.79 Å². The lowest BCUT2D eigenvalue weighted by atomic mass is 10.4. The van der Waals surface area contributed by atoms with Gasteiger partial charge in [0, 0.05) is 25.5 Å². The molecule has 0 aliphatic heterocycles. The van der Waals surface area contributed by atoms with E-state index in [0.717, 1.165) is 0 Å². The first-order valence-corrected chi connectivity index (χ1v) is 6.29. The van der Waals surface area contributed by atoms with Crippen LogP contribution in [0, 0.1) is 0 Å². The van der Waals surface area contributed by atoms with E-state index in [1.54, 1.807) is 0 Å². The molecule has 10 N–H and O–H groups in total. The van der Waals surface area contributed by atoms with Gasteiger partial charge in [-0.05, 0) is 0 Å². The third kappa shape index (κ3) is 9.51. The highest BCUT2D eigenvalue weighted by Crippen LogP contribution is 1.91. The van der Waals surface area contributed by atoms with Crippen molar-refractivity contribution in [1.29, 1.82) is 0 Å². The maximum Gasteiger partial charge on any atom is 0.209 e. The standard InChI is InChI=1S/C11H25N7O3/c12-10(7-19)5-17(14)3-1-16(9-21)2-4-18(15)6-11(13)8-20/h5-6,9,19-20H,1-4,7-8,12-15H2/b10-5-,11-6-. The van der Waals surface area contributed by atoms with Crippen LogP contribution in [0.4, 0.5) is 0 Å². The minimum absolute atomic E-state index is 0.230. The van der Waals surface area contributed by atoms with Crippen LogP contribution < -0.4 is 23.2 Å². The van der Waals surface area contributed by atoms with Crippen molar-refractivity contribution in [2.45, 2.75) is 0 Å². The minimum atomic E-state index is -0.286. The van der Waals surface area contributed by atoms with Gasteiger partial charge in [-0.25, -0.2) is 11.7 Å². The molecular formula is C11H25N7O3. The Labute approximate surface area is 123 Å². The first kappa shape index (κ1) is 19.0. The van der Waals surface area contributed by atoms with E-state index in [0.29, 0.717) is 32.6 Å². The smallest absolute Gasteiger partial charge is 0.209 e. The normalized spacial score (nSPS) is 12.2. The fraction of sp³-hybridized carbons (Fsp3) is 0.545. The van der Waals surface area contributed by atoms with Gasteiger partial charge in [-0.1, -0.05) is 0 Å². The van der Waals surface area contributed by atoms with Crippen LogP contribution in [0.15, 0.2) is 23.8 Å². The van der Waals surface area contributed by atoms with E-state index in [-0.39, 0.29) is 24.6 Å². The van der Waals surface area contributed by atoms with Gasteiger partial charge >= 0.3 is 0 Å². The third-order valence-corrected chi connectivity index (χ3v) is 2.47. The van der Waals surface area contributed by atoms with Crippen LogP contribution in [0.1, 0.15) is 0 Å².